The number of carbonyl (C=O) groups excluding carboxylic acids is 1. The SMILES string of the molecule is O=[C]OCCc1nnnn1-c1ccccc1Br. The van der Waals surface area contributed by atoms with Gasteiger partial charge < -0.3 is 4.74 Å². The molecule has 7 heteroatoms. The second kappa shape index (κ2) is 5.53. The normalized spacial score (nSPS) is 10.2. The largest absolute Gasteiger partial charge is 0.457 e. The molecule has 2 aromatic rings. The van der Waals surface area contributed by atoms with Crippen molar-refractivity contribution in [3.63, 3.8) is 0 Å². The highest BCUT2D eigenvalue weighted by atomic mass is 79.9. The summed E-state index contributed by atoms with van der Waals surface area (Å²) < 4.78 is 6.98. The highest BCUT2D eigenvalue weighted by Gasteiger charge is 2.10. The summed E-state index contributed by atoms with van der Waals surface area (Å²) in [7, 11) is 0. The average molecular weight is 296 g/mol. The van der Waals surface area contributed by atoms with Gasteiger partial charge in [0, 0.05) is 10.9 Å². The Labute approximate surface area is 106 Å². The van der Waals surface area contributed by atoms with E-state index < -0.39 is 0 Å². The molecule has 1 radical (unpaired) electrons. The lowest BCUT2D eigenvalue weighted by Gasteiger charge is -2.05. The molecule has 0 saturated heterocycles. The van der Waals surface area contributed by atoms with Crippen molar-refractivity contribution >= 4 is 22.4 Å². The fraction of sp³-hybridized carbons (Fsp3) is 0.200. The third-order valence-electron chi connectivity index (χ3n) is 2.10. The Morgan fingerprint density at radius 1 is 1.41 bits per heavy atom. The molecule has 87 valence electrons. The zero-order valence-corrected chi connectivity index (χ0v) is 10.3. The van der Waals surface area contributed by atoms with E-state index in [-0.39, 0.29) is 6.61 Å². The first-order valence-electron chi connectivity index (χ1n) is 4.84. The summed E-state index contributed by atoms with van der Waals surface area (Å²) in [5.41, 5.74) is 0.836. The van der Waals surface area contributed by atoms with Gasteiger partial charge in [-0.15, -0.1) is 5.10 Å². The van der Waals surface area contributed by atoms with Gasteiger partial charge in [-0.1, -0.05) is 12.1 Å². The Morgan fingerprint density at radius 2 is 2.24 bits per heavy atom. The van der Waals surface area contributed by atoms with Crippen LogP contribution in [0.4, 0.5) is 0 Å². The van der Waals surface area contributed by atoms with Crippen molar-refractivity contribution in [3.8, 4) is 5.69 Å². The van der Waals surface area contributed by atoms with Gasteiger partial charge in [0.1, 0.15) is 0 Å². The third-order valence-corrected chi connectivity index (χ3v) is 2.77. The summed E-state index contributed by atoms with van der Waals surface area (Å²) in [6.07, 6.45) is 0.434. The Morgan fingerprint density at radius 3 is 3.00 bits per heavy atom. The number of rotatable bonds is 5. The van der Waals surface area contributed by atoms with Crippen molar-refractivity contribution in [2.75, 3.05) is 6.61 Å². The average Bonchev–Trinajstić information content (AvgIpc) is 2.78. The molecule has 0 unspecified atom stereocenters. The Hall–Kier alpha value is -1.76. The van der Waals surface area contributed by atoms with E-state index in [1.54, 1.807) is 4.68 Å². The number of hydrogen-bond donors (Lipinski definition) is 0. The molecule has 0 saturated carbocycles. The minimum absolute atomic E-state index is 0.203. The van der Waals surface area contributed by atoms with Crippen LogP contribution in [-0.2, 0) is 16.0 Å². The second-order valence-corrected chi connectivity index (χ2v) is 3.99. The molecule has 2 rings (SSSR count). The summed E-state index contributed by atoms with van der Waals surface area (Å²) in [5, 5.41) is 11.4. The van der Waals surface area contributed by atoms with E-state index in [9.17, 15) is 4.79 Å². The molecule has 0 fully saturated rings. The monoisotopic (exact) mass is 295 g/mol. The molecule has 0 N–H and O–H groups in total. The molecule has 0 aliphatic carbocycles. The van der Waals surface area contributed by atoms with Crippen LogP contribution in [0.1, 0.15) is 5.82 Å². The van der Waals surface area contributed by atoms with Crippen LogP contribution in [0.5, 0.6) is 0 Å². The van der Waals surface area contributed by atoms with Gasteiger partial charge in [-0.3, -0.25) is 0 Å². The zero-order chi connectivity index (χ0) is 12.1. The summed E-state index contributed by atoms with van der Waals surface area (Å²) in [5.74, 6) is 0.618. The van der Waals surface area contributed by atoms with E-state index in [0.29, 0.717) is 12.2 Å². The van der Waals surface area contributed by atoms with Crippen LogP contribution in [0.25, 0.3) is 5.69 Å². The highest BCUT2D eigenvalue weighted by Crippen LogP contribution is 2.20. The van der Waals surface area contributed by atoms with Gasteiger partial charge in [-0.2, -0.15) is 4.68 Å². The van der Waals surface area contributed by atoms with E-state index in [0.717, 1.165) is 10.2 Å². The molecule has 1 aromatic heterocycles. The Bertz CT molecular complexity index is 515. The van der Waals surface area contributed by atoms with Crippen LogP contribution in [-0.4, -0.2) is 33.3 Å². The lowest BCUT2D eigenvalue weighted by molar-refractivity contribution is 0.278. The van der Waals surface area contributed by atoms with E-state index in [2.05, 4.69) is 36.2 Å². The molecule has 6 nitrogen and oxygen atoms in total. The molecule has 0 aliphatic rings. The van der Waals surface area contributed by atoms with Gasteiger partial charge in [-0.05, 0) is 38.5 Å². The molecule has 1 heterocycles. The van der Waals surface area contributed by atoms with Gasteiger partial charge in [0.15, 0.2) is 5.82 Å². The lowest BCUT2D eigenvalue weighted by atomic mass is 10.3. The minimum atomic E-state index is 0.203. The summed E-state index contributed by atoms with van der Waals surface area (Å²) in [6.45, 7) is 1.57. The maximum absolute atomic E-state index is 9.93. The topological polar surface area (TPSA) is 69.9 Å². The lowest BCUT2D eigenvalue weighted by Crippen LogP contribution is -2.07. The molecule has 0 atom stereocenters. The highest BCUT2D eigenvalue weighted by molar-refractivity contribution is 9.10. The van der Waals surface area contributed by atoms with E-state index in [1.807, 2.05) is 24.3 Å². The van der Waals surface area contributed by atoms with Gasteiger partial charge in [0.2, 0.25) is 0 Å². The predicted molar refractivity (Wildman–Crippen MR) is 62.2 cm³/mol. The van der Waals surface area contributed by atoms with Crippen molar-refractivity contribution in [2.24, 2.45) is 0 Å². The number of ether oxygens (including phenoxy) is 1. The van der Waals surface area contributed by atoms with Crippen LogP contribution in [0.2, 0.25) is 0 Å². The number of tetrazole rings is 1. The van der Waals surface area contributed by atoms with Crippen molar-refractivity contribution < 1.29 is 9.53 Å². The molecule has 0 bridgehead atoms. The smallest absolute Gasteiger partial charge is 0.417 e. The number of hydrogen-bond acceptors (Lipinski definition) is 5. The fourth-order valence-electron chi connectivity index (χ4n) is 1.36. The molecule has 17 heavy (non-hydrogen) atoms. The number of nitrogens with zero attached hydrogens (tertiary/aromatic N) is 4. The molecular weight excluding hydrogens is 288 g/mol. The minimum Gasteiger partial charge on any atom is -0.457 e. The second-order valence-electron chi connectivity index (χ2n) is 3.14. The van der Waals surface area contributed by atoms with Crippen LogP contribution in [0.3, 0.4) is 0 Å². The standard InChI is InChI=1S/C10H8BrN4O2/c11-8-3-1-2-4-9(8)15-10(12-13-14-15)5-6-17-7-16/h1-4H,5-6H2. The fourth-order valence-corrected chi connectivity index (χ4v) is 1.81. The number of halogens is 1. The van der Waals surface area contributed by atoms with Crippen molar-refractivity contribution in [3.05, 3.63) is 34.6 Å². The van der Waals surface area contributed by atoms with Gasteiger partial charge in [0.25, 0.3) is 0 Å². The Kier molecular flexibility index (Phi) is 3.81. The van der Waals surface area contributed by atoms with Crippen LogP contribution < -0.4 is 0 Å². The van der Waals surface area contributed by atoms with Crippen molar-refractivity contribution in [1.29, 1.82) is 0 Å². The summed E-state index contributed by atoms with van der Waals surface area (Å²) >= 11 is 3.42. The number of aromatic nitrogens is 4. The van der Waals surface area contributed by atoms with Gasteiger partial charge in [0.05, 0.1) is 12.3 Å². The quantitative estimate of drug-likeness (QED) is 0.771. The molecule has 1 aromatic carbocycles. The maximum atomic E-state index is 9.93. The van der Waals surface area contributed by atoms with E-state index >= 15 is 0 Å². The van der Waals surface area contributed by atoms with E-state index in [1.165, 1.54) is 6.47 Å². The van der Waals surface area contributed by atoms with Crippen LogP contribution >= 0.6 is 15.9 Å². The zero-order valence-electron chi connectivity index (χ0n) is 8.71. The Balaban J connectivity index is 2.24. The summed E-state index contributed by atoms with van der Waals surface area (Å²) in [4.78, 5) is 9.93. The van der Waals surface area contributed by atoms with Crippen LogP contribution in [0.15, 0.2) is 28.7 Å². The maximum Gasteiger partial charge on any atom is 0.417 e. The first-order chi connectivity index (χ1) is 8.33. The predicted octanol–water partition coefficient (Wildman–Crippen LogP) is 1.05. The molecule has 0 spiro atoms. The summed E-state index contributed by atoms with van der Waals surface area (Å²) in [6, 6.07) is 7.58. The molecule has 0 aliphatic heterocycles. The third kappa shape index (κ3) is 2.68. The molecule has 0 amide bonds. The van der Waals surface area contributed by atoms with E-state index in [4.69, 9.17) is 0 Å². The molecular formula is C10H8BrN4O2. The van der Waals surface area contributed by atoms with Gasteiger partial charge >= 0.3 is 6.47 Å². The first-order valence-corrected chi connectivity index (χ1v) is 5.63. The van der Waals surface area contributed by atoms with Crippen molar-refractivity contribution in [1.82, 2.24) is 20.2 Å². The number of para-hydroxylation sites is 1. The van der Waals surface area contributed by atoms with Gasteiger partial charge in [-0.25, -0.2) is 4.79 Å². The first kappa shape index (κ1) is 11.7. The van der Waals surface area contributed by atoms with Crippen molar-refractivity contribution in [2.45, 2.75) is 6.42 Å². The number of benzene rings is 1. The van der Waals surface area contributed by atoms with Crippen LogP contribution in [0, 0.1) is 0 Å².